The van der Waals surface area contributed by atoms with Crippen molar-refractivity contribution in [2.75, 3.05) is 13.1 Å². The van der Waals surface area contributed by atoms with Crippen molar-refractivity contribution < 1.29 is 0 Å². The lowest BCUT2D eigenvalue weighted by Crippen LogP contribution is -2.26. The van der Waals surface area contributed by atoms with Crippen molar-refractivity contribution in [1.82, 2.24) is 9.88 Å². The van der Waals surface area contributed by atoms with Crippen molar-refractivity contribution in [3.63, 3.8) is 0 Å². The Hall–Kier alpha value is -1.32. The highest BCUT2D eigenvalue weighted by atomic mass is 15.2. The van der Waals surface area contributed by atoms with E-state index in [0.29, 0.717) is 6.04 Å². The van der Waals surface area contributed by atoms with Crippen molar-refractivity contribution in [2.45, 2.75) is 25.9 Å². The molecule has 0 aliphatic carbocycles. The van der Waals surface area contributed by atoms with Crippen LogP contribution < -0.4 is 5.73 Å². The number of para-hydroxylation sites is 1. The number of hydrogen-bond acceptors (Lipinski definition) is 2. The summed E-state index contributed by atoms with van der Waals surface area (Å²) < 4.78 is 0. The summed E-state index contributed by atoms with van der Waals surface area (Å²) in [7, 11) is 0. The van der Waals surface area contributed by atoms with E-state index < -0.39 is 0 Å². The monoisotopic (exact) mass is 229 g/mol. The number of hydrogen-bond donors (Lipinski definition) is 2. The zero-order valence-corrected chi connectivity index (χ0v) is 10.2. The first-order valence-corrected chi connectivity index (χ1v) is 6.28. The van der Waals surface area contributed by atoms with Gasteiger partial charge in [0.1, 0.15) is 0 Å². The summed E-state index contributed by atoms with van der Waals surface area (Å²) in [5.74, 6) is 0. The predicted octanol–water partition coefficient (Wildman–Crippen LogP) is 2.01. The van der Waals surface area contributed by atoms with Crippen LogP contribution in [0.25, 0.3) is 10.9 Å². The number of fused-ring (bicyclic) bond motifs is 1. The van der Waals surface area contributed by atoms with E-state index >= 15 is 0 Å². The summed E-state index contributed by atoms with van der Waals surface area (Å²) in [6.45, 7) is 5.33. The molecular formula is C14H19N3. The number of H-pyrrole nitrogens is 1. The Labute approximate surface area is 102 Å². The zero-order chi connectivity index (χ0) is 11.8. The molecule has 1 aliphatic heterocycles. The first-order valence-electron chi connectivity index (χ1n) is 6.28. The van der Waals surface area contributed by atoms with Gasteiger partial charge < -0.3 is 10.7 Å². The summed E-state index contributed by atoms with van der Waals surface area (Å²) in [4.78, 5) is 5.91. The molecule has 0 radical (unpaired) electrons. The van der Waals surface area contributed by atoms with Gasteiger partial charge in [0.15, 0.2) is 0 Å². The maximum Gasteiger partial charge on any atom is 0.0459 e. The standard InChI is InChI=1S/C14H19N3/c1-10-13(9-17-7-6-11(15)8-17)12-4-2-3-5-14(12)16-10/h2-5,11,16H,6-9,15H2,1H3. The van der Waals surface area contributed by atoms with Gasteiger partial charge in [0.2, 0.25) is 0 Å². The second kappa shape index (κ2) is 4.17. The molecule has 1 atom stereocenters. The minimum atomic E-state index is 0.362. The third-order valence-corrected chi connectivity index (χ3v) is 3.72. The lowest BCUT2D eigenvalue weighted by Gasteiger charge is -2.15. The van der Waals surface area contributed by atoms with Crippen molar-refractivity contribution in [1.29, 1.82) is 0 Å². The average Bonchev–Trinajstić information content (AvgIpc) is 2.85. The molecule has 1 fully saturated rings. The van der Waals surface area contributed by atoms with Gasteiger partial charge in [0.05, 0.1) is 0 Å². The summed E-state index contributed by atoms with van der Waals surface area (Å²) in [5, 5.41) is 1.35. The van der Waals surface area contributed by atoms with Crippen LogP contribution in [0.3, 0.4) is 0 Å². The van der Waals surface area contributed by atoms with E-state index in [0.717, 1.165) is 26.1 Å². The van der Waals surface area contributed by atoms with E-state index in [9.17, 15) is 0 Å². The van der Waals surface area contributed by atoms with Crippen molar-refractivity contribution in [3.8, 4) is 0 Å². The fourth-order valence-corrected chi connectivity index (χ4v) is 2.77. The maximum absolute atomic E-state index is 5.96. The molecule has 3 N–H and O–H groups in total. The summed E-state index contributed by atoms with van der Waals surface area (Å²) in [5.41, 5.74) is 9.90. The van der Waals surface area contributed by atoms with E-state index in [4.69, 9.17) is 5.73 Å². The Morgan fingerprint density at radius 3 is 3.00 bits per heavy atom. The topological polar surface area (TPSA) is 45.0 Å². The molecule has 3 rings (SSSR count). The maximum atomic E-state index is 5.96. The summed E-state index contributed by atoms with van der Waals surface area (Å²) in [6.07, 6.45) is 1.13. The van der Waals surface area contributed by atoms with E-state index in [1.165, 1.54) is 22.2 Å². The third kappa shape index (κ3) is 1.96. The van der Waals surface area contributed by atoms with Crippen LogP contribution in [0, 0.1) is 6.92 Å². The van der Waals surface area contributed by atoms with Gasteiger partial charge in [-0.2, -0.15) is 0 Å². The molecule has 1 aromatic carbocycles. The molecule has 0 spiro atoms. The van der Waals surface area contributed by atoms with Gasteiger partial charge in [0.25, 0.3) is 0 Å². The summed E-state index contributed by atoms with van der Waals surface area (Å²) in [6, 6.07) is 8.88. The van der Waals surface area contributed by atoms with Crippen LogP contribution in [0.5, 0.6) is 0 Å². The first kappa shape index (κ1) is 10.8. The second-order valence-corrected chi connectivity index (χ2v) is 5.06. The van der Waals surface area contributed by atoms with Crippen LogP contribution >= 0.6 is 0 Å². The Morgan fingerprint density at radius 1 is 1.41 bits per heavy atom. The number of nitrogens with zero attached hydrogens (tertiary/aromatic N) is 1. The number of nitrogens with one attached hydrogen (secondary N) is 1. The Balaban J connectivity index is 1.91. The van der Waals surface area contributed by atoms with Crippen LogP contribution in [0.1, 0.15) is 17.7 Å². The highest BCUT2D eigenvalue weighted by molar-refractivity contribution is 5.84. The number of likely N-dealkylation sites (tertiary alicyclic amines) is 1. The fourth-order valence-electron chi connectivity index (χ4n) is 2.77. The number of benzene rings is 1. The minimum absolute atomic E-state index is 0.362. The molecule has 0 saturated carbocycles. The zero-order valence-electron chi connectivity index (χ0n) is 10.2. The Kier molecular flexibility index (Phi) is 2.65. The van der Waals surface area contributed by atoms with Crippen molar-refractivity contribution >= 4 is 10.9 Å². The smallest absolute Gasteiger partial charge is 0.0459 e. The quantitative estimate of drug-likeness (QED) is 0.827. The van der Waals surface area contributed by atoms with Crippen LogP contribution in [0.15, 0.2) is 24.3 Å². The fraction of sp³-hybridized carbons (Fsp3) is 0.429. The molecule has 3 heteroatoms. The molecule has 0 amide bonds. The van der Waals surface area contributed by atoms with Gasteiger partial charge in [-0.3, -0.25) is 4.90 Å². The van der Waals surface area contributed by atoms with E-state index in [1.807, 2.05) is 0 Å². The molecule has 0 bridgehead atoms. The summed E-state index contributed by atoms with van der Waals surface area (Å²) >= 11 is 0. The largest absolute Gasteiger partial charge is 0.358 e. The van der Waals surface area contributed by atoms with Gasteiger partial charge in [-0.05, 0) is 25.0 Å². The number of aromatic amines is 1. The lowest BCUT2D eigenvalue weighted by atomic mass is 10.1. The highest BCUT2D eigenvalue weighted by Crippen LogP contribution is 2.24. The molecule has 2 heterocycles. The minimum Gasteiger partial charge on any atom is -0.358 e. The van der Waals surface area contributed by atoms with Crippen molar-refractivity contribution in [2.24, 2.45) is 5.73 Å². The number of nitrogens with two attached hydrogens (primary N) is 1. The number of rotatable bonds is 2. The van der Waals surface area contributed by atoms with Gasteiger partial charge >= 0.3 is 0 Å². The van der Waals surface area contributed by atoms with E-state index in [2.05, 4.69) is 41.1 Å². The molecule has 2 aromatic rings. The lowest BCUT2D eigenvalue weighted by molar-refractivity contribution is 0.327. The average molecular weight is 229 g/mol. The van der Waals surface area contributed by atoms with Gasteiger partial charge in [-0.1, -0.05) is 18.2 Å². The first-order chi connectivity index (χ1) is 8.24. The normalized spacial score (nSPS) is 21.4. The molecule has 90 valence electrons. The third-order valence-electron chi connectivity index (χ3n) is 3.72. The molecule has 1 unspecified atom stereocenters. The Bertz CT molecular complexity index is 529. The van der Waals surface area contributed by atoms with Crippen molar-refractivity contribution in [3.05, 3.63) is 35.5 Å². The van der Waals surface area contributed by atoms with Gasteiger partial charge in [-0.25, -0.2) is 0 Å². The van der Waals surface area contributed by atoms with Crippen LogP contribution in [-0.2, 0) is 6.54 Å². The van der Waals surface area contributed by atoms with Crippen LogP contribution in [-0.4, -0.2) is 29.0 Å². The van der Waals surface area contributed by atoms with Gasteiger partial charge in [-0.15, -0.1) is 0 Å². The van der Waals surface area contributed by atoms with Crippen LogP contribution in [0.2, 0.25) is 0 Å². The Morgan fingerprint density at radius 2 is 2.24 bits per heavy atom. The molecular weight excluding hydrogens is 210 g/mol. The van der Waals surface area contributed by atoms with Crippen LogP contribution in [0.4, 0.5) is 0 Å². The second-order valence-electron chi connectivity index (χ2n) is 5.06. The predicted molar refractivity (Wildman–Crippen MR) is 70.9 cm³/mol. The molecule has 1 aromatic heterocycles. The molecule has 1 saturated heterocycles. The molecule has 17 heavy (non-hydrogen) atoms. The number of aryl methyl sites for hydroxylation is 1. The highest BCUT2D eigenvalue weighted by Gasteiger charge is 2.20. The van der Waals surface area contributed by atoms with E-state index in [-0.39, 0.29) is 0 Å². The SMILES string of the molecule is Cc1[nH]c2ccccc2c1CN1CCC(N)C1. The molecule has 1 aliphatic rings. The molecule has 3 nitrogen and oxygen atoms in total. The van der Waals surface area contributed by atoms with Gasteiger partial charge in [0, 0.05) is 42.3 Å². The van der Waals surface area contributed by atoms with E-state index in [1.54, 1.807) is 0 Å². The number of aromatic nitrogens is 1.